The third-order valence-electron chi connectivity index (χ3n) is 3.22. The molecule has 0 fully saturated rings. The summed E-state index contributed by atoms with van der Waals surface area (Å²) in [6.07, 6.45) is 0.972. The SMILES string of the molecule is CN(C)CCCC(=O)Nc1oc(-c2cc(Cl)cc(Cl)c2Cl)nc1C#N. The second kappa shape index (κ2) is 8.54. The van der Waals surface area contributed by atoms with Crippen molar-refractivity contribution in [3.63, 3.8) is 0 Å². The first-order chi connectivity index (χ1) is 11.8. The van der Waals surface area contributed by atoms with E-state index in [1.807, 2.05) is 25.1 Å². The summed E-state index contributed by atoms with van der Waals surface area (Å²) in [5.41, 5.74) is 0.284. The minimum Gasteiger partial charge on any atom is -0.419 e. The van der Waals surface area contributed by atoms with E-state index in [0.717, 1.165) is 6.54 Å². The Balaban J connectivity index is 2.23. The van der Waals surface area contributed by atoms with E-state index in [0.29, 0.717) is 23.4 Å². The van der Waals surface area contributed by atoms with E-state index in [1.54, 1.807) is 0 Å². The van der Waals surface area contributed by atoms with Crippen LogP contribution in [0.1, 0.15) is 18.5 Å². The van der Waals surface area contributed by atoms with Gasteiger partial charge in [0.15, 0.2) is 0 Å². The third-order valence-corrected chi connectivity index (χ3v) is 4.24. The van der Waals surface area contributed by atoms with Crippen molar-refractivity contribution in [1.82, 2.24) is 9.88 Å². The molecule has 0 atom stereocenters. The number of aromatic nitrogens is 1. The number of nitriles is 1. The number of hydrogen-bond donors (Lipinski definition) is 1. The number of hydrogen-bond acceptors (Lipinski definition) is 5. The summed E-state index contributed by atoms with van der Waals surface area (Å²) < 4.78 is 5.50. The number of carbonyl (C=O) groups excluding carboxylic acids is 1. The maximum Gasteiger partial charge on any atom is 0.239 e. The van der Waals surface area contributed by atoms with E-state index in [4.69, 9.17) is 39.2 Å². The monoisotopic (exact) mass is 400 g/mol. The minimum atomic E-state index is -0.267. The summed E-state index contributed by atoms with van der Waals surface area (Å²) in [6, 6.07) is 4.88. The van der Waals surface area contributed by atoms with Crippen LogP contribution in [0, 0.1) is 11.3 Å². The zero-order valence-electron chi connectivity index (χ0n) is 13.6. The normalized spacial score (nSPS) is 10.8. The number of rotatable bonds is 6. The van der Waals surface area contributed by atoms with Crippen molar-refractivity contribution >= 4 is 46.6 Å². The van der Waals surface area contributed by atoms with Crippen molar-refractivity contribution in [3.05, 3.63) is 32.9 Å². The molecule has 6 nitrogen and oxygen atoms in total. The smallest absolute Gasteiger partial charge is 0.239 e. The molecule has 0 aliphatic heterocycles. The molecule has 0 unspecified atom stereocenters. The molecule has 1 heterocycles. The Kier molecular flexibility index (Phi) is 6.68. The fraction of sp³-hybridized carbons (Fsp3) is 0.312. The highest BCUT2D eigenvalue weighted by Crippen LogP contribution is 2.37. The quantitative estimate of drug-likeness (QED) is 0.723. The van der Waals surface area contributed by atoms with Gasteiger partial charge < -0.3 is 9.32 Å². The van der Waals surface area contributed by atoms with Gasteiger partial charge in [0.2, 0.25) is 23.4 Å². The molecule has 0 bridgehead atoms. The Hall–Kier alpha value is -1.78. The molecule has 0 radical (unpaired) electrons. The van der Waals surface area contributed by atoms with Gasteiger partial charge >= 0.3 is 0 Å². The number of oxazole rings is 1. The van der Waals surface area contributed by atoms with Crippen LogP contribution in [0.5, 0.6) is 0 Å². The van der Waals surface area contributed by atoms with Gasteiger partial charge in [0.25, 0.3) is 0 Å². The number of halogens is 3. The van der Waals surface area contributed by atoms with Gasteiger partial charge in [-0.25, -0.2) is 0 Å². The zero-order valence-corrected chi connectivity index (χ0v) is 15.8. The molecule has 0 saturated heterocycles. The van der Waals surface area contributed by atoms with Gasteiger partial charge in [0, 0.05) is 11.4 Å². The molecular formula is C16H15Cl3N4O2. The fourth-order valence-corrected chi connectivity index (χ4v) is 2.74. The first-order valence-corrected chi connectivity index (χ1v) is 8.45. The molecule has 9 heteroatoms. The second-order valence-corrected chi connectivity index (χ2v) is 6.73. The Labute approximate surface area is 160 Å². The van der Waals surface area contributed by atoms with E-state index in [1.165, 1.54) is 12.1 Å². The van der Waals surface area contributed by atoms with Gasteiger partial charge in [-0.15, -0.1) is 0 Å². The topological polar surface area (TPSA) is 82.2 Å². The van der Waals surface area contributed by atoms with Crippen LogP contribution in [0.2, 0.25) is 15.1 Å². The van der Waals surface area contributed by atoms with E-state index < -0.39 is 0 Å². The van der Waals surface area contributed by atoms with Crippen LogP contribution in [-0.2, 0) is 4.79 Å². The molecule has 1 amide bonds. The average Bonchev–Trinajstić information content (AvgIpc) is 2.93. The molecule has 1 aromatic heterocycles. The highest BCUT2D eigenvalue weighted by atomic mass is 35.5. The average molecular weight is 402 g/mol. The van der Waals surface area contributed by atoms with Crippen molar-refractivity contribution in [2.24, 2.45) is 0 Å². The lowest BCUT2D eigenvalue weighted by Crippen LogP contribution is -2.17. The van der Waals surface area contributed by atoms with Gasteiger partial charge in [-0.05, 0) is 39.2 Å². The highest BCUT2D eigenvalue weighted by molar-refractivity contribution is 6.44. The van der Waals surface area contributed by atoms with Crippen molar-refractivity contribution in [2.75, 3.05) is 26.0 Å². The standard InChI is InChI=1S/C16H15Cl3N4O2/c1-23(2)5-3-4-13(24)22-16-12(8-20)21-15(25-16)10-6-9(17)7-11(18)14(10)19/h6-7H,3-5H2,1-2H3,(H,22,24). The summed E-state index contributed by atoms with van der Waals surface area (Å²) in [6.45, 7) is 0.775. The van der Waals surface area contributed by atoms with Crippen LogP contribution in [0.4, 0.5) is 5.88 Å². The zero-order chi connectivity index (χ0) is 18.6. The predicted octanol–water partition coefficient (Wildman–Crippen LogP) is 4.45. The van der Waals surface area contributed by atoms with Gasteiger partial charge in [0.1, 0.15) is 6.07 Å². The molecule has 0 aliphatic rings. The number of benzene rings is 1. The fourth-order valence-electron chi connectivity index (χ4n) is 2.05. The number of amides is 1. The Bertz CT molecular complexity index is 828. The van der Waals surface area contributed by atoms with E-state index in [9.17, 15) is 10.1 Å². The third kappa shape index (κ3) is 5.10. The van der Waals surface area contributed by atoms with Crippen LogP contribution in [-0.4, -0.2) is 36.4 Å². The van der Waals surface area contributed by atoms with E-state index in [-0.39, 0.29) is 33.4 Å². The number of anilines is 1. The highest BCUT2D eigenvalue weighted by Gasteiger charge is 2.20. The van der Waals surface area contributed by atoms with Crippen LogP contribution < -0.4 is 5.32 Å². The molecule has 132 valence electrons. The number of nitrogens with one attached hydrogen (secondary N) is 1. The minimum absolute atomic E-state index is 0.0282. The maximum absolute atomic E-state index is 12.0. The van der Waals surface area contributed by atoms with Gasteiger partial charge in [-0.3, -0.25) is 10.1 Å². The van der Waals surface area contributed by atoms with Gasteiger partial charge in [0.05, 0.1) is 15.6 Å². The largest absolute Gasteiger partial charge is 0.419 e. The van der Waals surface area contributed by atoms with Gasteiger partial charge in [-0.1, -0.05) is 34.8 Å². The lowest BCUT2D eigenvalue weighted by atomic mass is 10.2. The molecular weight excluding hydrogens is 387 g/mol. The summed E-state index contributed by atoms with van der Waals surface area (Å²) in [7, 11) is 3.85. The first-order valence-electron chi connectivity index (χ1n) is 7.32. The lowest BCUT2D eigenvalue weighted by Gasteiger charge is -2.08. The Morgan fingerprint density at radius 3 is 2.72 bits per heavy atom. The molecule has 1 N–H and O–H groups in total. The summed E-state index contributed by atoms with van der Waals surface area (Å²) in [5, 5.41) is 12.5. The number of nitrogens with zero attached hydrogens (tertiary/aromatic N) is 3. The summed E-state index contributed by atoms with van der Waals surface area (Å²) in [4.78, 5) is 18.0. The van der Waals surface area contributed by atoms with Crippen molar-refractivity contribution in [3.8, 4) is 17.5 Å². The van der Waals surface area contributed by atoms with Gasteiger partial charge in [-0.2, -0.15) is 10.2 Å². The molecule has 2 aromatic rings. The second-order valence-electron chi connectivity index (χ2n) is 5.51. The molecule has 0 aliphatic carbocycles. The van der Waals surface area contributed by atoms with Crippen LogP contribution in [0.25, 0.3) is 11.5 Å². The molecule has 1 aromatic carbocycles. The van der Waals surface area contributed by atoms with Crippen molar-refractivity contribution < 1.29 is 9.21 Å². The maximum atomic E-state index is 12.0. The van der Waals surface area contributed by atoms with E-state index in [2.05, 4.69) is 10.3 Å². The van der Waals surface area contributed by atoms with Crippen LogP contribution >= 0.6 is 34.8 Å². The Morgan fingerprint density at radius 1 is 1.36 bits per heavy atom. The summed E-state index contributed by atoms with van der Waals surface area (Å²) >= 11 is 18.1. The predicted molar refractivity (Wildman–Crippen MR) is 98.1 cm³/mol. The first kappa shape index (κ1) is 19.5. The molecule has 0 spiro atoms. The summed E-state index contributed by atoms with van der Waals surface area (Å²) in [5.74, 6) is -0.245. The molecule has 0 saturated carbocycles. The molecule has 2 rings (SSSR count). The van der Waals surface area contributed by atoms with Crippen LogP contribution in [0.15, 0.2) is 16.5 Å². The van der Waals surface area contributed by atoms with Crippen molar-refractivity contribution in [2.45, 2.75) is 12.8 Å². The Morgan fingerprint density at radius 2 is 2.08 bits per heavy atom. The lowest BCUT2D eigenvalue weighted by molar-refractivity contribution is -0.116. The number of carbonyl (C=O) groups is 1. The van der Waals surface area contributed by atoms with Crippen LogP contribution in [0.3, 0.4) is 0 Å². The molecule has 25 heavy (non-hydrogen) atoms. The van der Waals surface area contributed by atoms with E-state index >= 15 is 0 Å². The van der Waals surface area contributed by atoms with Crippen molar-refractivity contribution in [1.29, 1.82) is 5.26 Å².